The maximum atomic E-state index is 12.9. The molecule has 0 spiro atoms. The van der Waals surface area contributed by atoms with Crippen LogP contribution < -0.4 is 5.32 Å². The number of non-ortho nitro benzene ring substituents is 1. The lowest BCUT2D eigenvalue weighted by molar-refractivity contribution is -0.384. The van der Waals surface area contributed by atoms with Crippen LogP contribution in [0.4, 0.5) is 11.4 Å². The average molecular weight is 396 g/mol. The summed E-state index contributed by atoms with van der Waals surface area (Å²) in [6, 6.07) is 12.0. The zero-order valence-electron chi connectivity index (χ0n) is 14.0. The van der Waals surface area contributed by atoms with Gasteiger partial charge in [0, 0.05) is 29.6 Å². The number of rotatable bonds is 6. The number of nitriles is 1. The van der Waals surface area contributed by atoms with E-state index in [1.165, 1.54) is 24.4 Å². The molecule has 0 saturated carbocycles. The number of halogens is 1. The van der Waals surface area contributed by atoms with Crippen LogP contribution in [0.1, 0.15) is 21.7 Å². The van der Waals surface area contributed by atoms with Gasteiger partial charge in [-0.3, -0.25) is 14.9 Å². The number of nitro groups is 1. The number of anilines is 1. The minimum Gasteiger partial charge on any atom is -0.360 e. The molecule has 10 nitrogen and oxygen atoms in total. The Hall–Kier alpha value is -4.10. The van der Waals surface area contributed by atoms with Crippen LogP contribution in [0, 0.1) is 21.4 Å². The molecule has 0 atom stereocenters. The molecule has 1 aromatic heterocycles. The van der Waals surface area contributed by atoms with Crippen molar-refractivity contribution in [3.63, 3.8) is 0 Å². The van der Waals surface area contributed by atoms with E-state index in [-0.39, 0.29) is 38.9 Å². The largest absolute Gasteiger partial charge is 0.360 e. The number of benzene rings is 2. The van der Waals surface area contributed by atoms with E-state index in [4.69, 9.17) is 11.6 Å². The van der Waals surface area contributed by atoms with Crippen molar-refractivity contribution in [2.24, 2.45) is 0 Å². The standard InChI is InChI=1S/C17H10ClN7O3/c18-14-4-2-1-3-12(14)16(26)13-7-11(25(27)28)5-6-15(13)20-9-10(8-19)17-21-23-24-22-17/h1-7,9,20H,(H,21,22,23,24). The Morgan fingerprint density at radius 1 is 1.29 bits per heavy atom. The third-order valence-corrected chi connectivity index (χ3v) is 3.99. The SMILES string of the molecule is N#CC(=CNc1ccc([N+](=O)[O-])cc1C(=O)c1ccccc1Cl)c1nn[nH]n1. The molecule has 0 aliphatic heterocycles. The second kappa shape index (κ2) is 8.07. The number of allylic oxidation sites excluding steroid dienone is 1. The number of tetrazole rings is 1. The van der Waals surface area contributed by atoms with Gasteiger partial charge in [-0.05, 0) is 23.4 Å². The Kier molecular flexibility index (Phi) is 5.38. The monoisotopic (exact) mass is 395 g/mol. The molecule has 3 aromatic rings. The van der Waals surface area contributed by atoms with Crippen molar-refractivity contribution in [3.05, 3.63) is 80.8 Å². The van der Waals surface area contributed by atoms with Crippen molar-refractivity contribution in [3.8, 4) is 6.07 Å². The van der Waals surface area contributed by atoms with Gasteiger partial charge in [-0.2, -0.15) is 10.5 Å². The van der Waals surface area contributed by atoms with E-state index in [9.17, 15) is 20.2 Å². The fraction of sp³-hybridized carbons (Fsp3) is 0. The molecule has 0 aliphatic rings. The van der Waals surface area contributed by atoms with Gasteiger partial charge < -0.3 is 5.32 Å². The molecular formula is C17H10ClN7O3. The van der Waals surface area contributed by atoms with Gasteiger partial charge in [-0.1, -0.05) is 23.7 Å². The molecule has 1 heterocycles. The van der Waals surface area contributed by atoms with E-state index < -0.39 is 10.7 Å². The normalized spacial score (nSPS) is 10.9. The molecule has 11 heteroatoms. The highest BCUT2D eigenvalue weighted by atomic mass is 35.5. The number of hydrogen-bond acceptors (Lipinski definition) is 8. The number of ketones is 1. The Labute approximate surface area is 162 Å². The summed E-state index contributed by atoms with van der Waals surface area (Å²) in [6.07, 6.45) is 1.27. The van der Waals surface area contributed by atoms with Crippen LogP contribution in [-0.2, 0) is 0 Å². The van der Waals surface area contributed by atoms with Gasteiger partial charge >= 0.3 is 0 Å². The van der Waals surface area contributed by atoms with Crippen molar-refractivity contribution in [1.29, 1.82) is 5.26 Å². The predicted octanol–water partition coefficient (Wildman–Crippen LogP) is 2.97. The zero-order chi connectivity index (χ0) is 20.1. The third-order valence-electron chi connectivity index (χ3n) is 3.66. The molecule has 0 saturated heterocycles. The number of hydrogen-bond donors (Lipinski definition) is 2. The summed E-state index contributed by atoms with van der Waals surface area (Å²) in [6.45, 7) is 0. The lowest BCUT2D eigenvalue weighted by Crippen LogP contribution is -2.07. The molecule has 0 bridgehead atoms. The van der Waals surface area contributed by atoms with Crippen molar-refractivity contribution in [1.82, 2.24) is 20.6 Å². The summed E-state index contributed by atoms with van der Waals surface area (Å²) in [5.74, 6) is -0.459. The Morgan fingerprint density at radius 2 is 2.07 bits per heavy atom. The predicted molar refractivity (Wildman–Crippen MR) is 99.4 cm³/mol. The molecule has 2 aromatic carbocycles. The molecule has 138 valence electrons. The van der Waals surface area contributed by atoms with Gasteiger partial charge in [0.15, 0.2) is 5.78 Å². The molecule has 0 radical (unpaired) electrons. The zero-order valence-corrected chi connectivity index (χ0v) is 14.7. The number of nitrogens with one attached hydrogen (secondary N) is 2. The van der Waals surface area contributed by atoms with E-state index in [1.54, 1.807) is 18.2 Å². The summed E-state index contributed by atoms with van der Waals surface area (Å²) in [5, 5.41) is 36.4. The minimum absolute atomic E-state index is 0.0175. The van der Waals surface area contributed by atoms with Gasteiger partial charge in [0.2, 0.25) is 5.82 Å². The van der Waals surface area contributed by atoms with Crippen molar-refractivity contribution < 1.29 is 9.72 Å². The first-order chi connectivity index (χ1) is 13.5. The van der Waals surface area contributed by atoms with Crippen LogP contribution in [0.25, 0.3) is 5.57 Å². The van der Waals surface area contributed by atoms with Crippen LogP contribution >= 0.6 is 11.6 Å². The number of aromatic nitrogens is 4. The number of nitrogens with zero attached hydrogens (tertiary/aromatic N) is 5. The Balaban J connectivity index is 2.04. The van der Waals surface area contributed by atoms with Gasteiger partial charge in [-0.15, -0.1) is 10.2 Å². The maximum Gasteiger partial charge on any atom is 0.270 e. The summed E-state index contributed by atoms with van der Waals surface area (Å²) >= 11 is 6.08. The van der Waals surface area contributed by atoms with E-state index >= 15 is 0 Å². The number of carbonyl (C=O) groups is 1. The lowest BCUT2D eigenvalue weighted by atomic mass is 10.0. The summed E-state index contributed by atoms with van der Waals surface area (Å²) in [5.41, 5.74) is 0.234. The second-order valence-electron chi connectivity index (χ2n) is 5.35. The second-order valence-corrected chi connectivity index (χ2v) is 5.75. The van der Waals surface area contributed by atoms with E-state index in [1.807, 2.05) is 6.07 Å². The average Bonchev–Trinajstić information content (AvgIpc) is 3.23. The van der Waals surface area contributed by atoms with Crippen LogP contribution in [0.2, 0.25) is 5.02 Å². The fourth-order valence-corrected chi connectivity index (χ4v) is 2.54. The number of nitro benzene ring substituents is 1. The number of aromatic amines is 1. The topological polar surface area (TPSA) is 150 Å². The van der Waals surface area contributed by atoms with Gasteiger partial charge in [0.25, 0.3) is 5.69 Å². The first-order valence-electron chi connectivity index (χ1n) is 7.69. The molecule has 0 amide bonds. The fourth-order valence-electron chi connectivity index (χ4n) is 2.32. The molecule has 0 fully saturated rings. The van der Waals surface area contributed by atoms with Crippen LogP contribution in [0.15, 0.2) is 48.7 Å². The highest BCUT2D eigenvalue weighted by molar-refractivity contribution is 6.35. The Morgan fingerprint density at radius 3 is 2.71 bits per heavy atom. The molecule has 0 aliphatic carbocycles. The van der Waals surface area contributed by atoms with Gasteiger partial charge in [-0.25, -0.2) is 0 Å². The van der Waals surface area contributed by atoms with Crippen LogP contribution in [0.5, 0.6) is 0 Å². The highest BCUT2D eigenvalue weighted by Gasteiger charge is 2.20. The summed E-state index contributed by atoms with van der Waals surface area (Å²) in [4.78, 5) is 23.4. The molecule has 0 unspecified atom stereocenters. The van der Waals surface area contributed by atoms with Crippen molar-refractivity contribution in [2.45, 2.75) is 0 Å². The van der Waals surface area contributed by atoms with Crippen molar-refractivity contribution >= 4 is 34.3 Å². The van der Waals surface area contributed by atoms with E-state index in [2.05, 4.69) is 25.9 Å². The number of H-pyrrole nitrogens is 1. The van der Waals surface area contributed by atoms with E-state index in [0.717, 1.165) is 6.07 Å². The highest BCUT2D eigenvalue weighted by Crippen LogP contribution is 2.27. The van der Waals surface area contributed by atoms with Crippen LogP contribution in [-0.4, -0.2) is 31.3 Å². The molecule has 3 rings (SSSR count). The third kappa shape index (κ3) is 3.84. The van der Waals surface area contributed by atoms with Gasteiger partial charge in [0.05, 0.1) is 15.5 Å². The minimum atomic E-state index is -0.608. The quantitative estimate of drug-likeness (QED) is 0.280. The molecule has 2 N–H and O–H groups in total. The lowest BCUT2D eigenvalue weighted by Gasteiger charge is -2.10. The molecular weight excluding hydrogens is 386 g/mol. The first-order valence-corrected chi connectivity index (χ1v) is 8.07. The first kappa shape index (κ1) is 18.7. The maximum absolute atomic E-state index is 12.9. The van der Waals surface area contributed by atoms with Crippen LogP contribution in [0.3, 0.4) is 0 Å². The summed E-state index contributed by atoms with van der Waals surface area (Å²) < 4.78 is 0. The smallest absolute Gasteiger partial charge is 0.270 e. The van der Waals surface area contributed by atoms with Gasteiger partial charge in [0.1, 0.15) is 11.6 Å². The summed E-state index contributed by atoms with van der Waals surface area (Å²) in [7, 11) is 0. The molecule has 28 heavy (non-hydrogen) atoms. The van der Waals surface area contributed by atoms with Crippen molar-refractivity contribution in [2.75, 3.05) is 5.32 Å². The Bertz CT molecular complexity index is 1120. The number of carbonyl (C=O) groups excluding carboxylic acids is 1. The van der Waals surface area contributed by atoms with E-state index in [0.29, 0.717) is 0 Å².